The van der Waals surface area contributed by atoms with Crippen LogP contribution in [0.25, 0.3) is 0 Å². The molecule has 0 spiro atoms. The summed E-state index contributed by atoms with van der Waals surface area (Å²) in [4.78, 5) is 9.63. The zero-order valence-corrected chi connectivity index (χ0v) is 12.1. The Kier molecular flexibility index (Phi) is 5.45. The van der Waals surface area contributed by atoms with E-state index in [9.17, 15) is 4.39 Å². The average molecular weight is 289 g/mol. The molecule has 0 aliphatic carbocycles. The van der Waals surface area contributed by atoms with Crippen molar-refractivity contribution in [1.82, 2.24) is 14.9 Å². The highest BCUT2D eigenvalue weighted by Gasteiger charge is 2.05. The Bertz CT molecular complexity index is 561. The summed E-state index contributed by atoms with van der Waals surface area (Å²) in [5.41, 5.74) is 6.71. The zero-order valence-electron chi connectivity index (χ0n) is 12.1. The first kappa shape index (κ1) is 15.2. The molecule has 0 unspecified atom stereocenters. The van der Waals surface area contributed by atoms with E-state index in [4.69, 9.17) is 5.73 Å². The van der Waals surface area contributed by atoms with Crippen molar-refractivity contribution in [2.24, 2.45) is 0 Å². The molecule has 5 nitrogen and oxygen atoms in total. The van der Waals surface area contributed by atoms with E-state index in [1.54, 1.807) is 0 Å². The monoisotopic (exact) mass is 289 g/mol. The van der Waals surface area contributed by atoms with Gasteiger partial charge in [0.05, 0.1) is 6.20 Å². The Morgan fingerprint density at radius 2 is 2.05 bits per heavy atom. The largest absolute Gasteiger partial charge is 0.368 e. The SMILES string of the molecule is CN(CCCNc1nc(N)ncc1F)Cc1ccccc1. The second kappa shape index (κ2) is 7.54. The van der Waals surface area contributed by atoms with E-state index in [1.807, 2.05) is 18.2 Å². The molecule has 0 radical (unpaired) electrons. The van der Waals surface area contributed by atoms with Gasteiger partial charge in [-0.2, -0.15) is 4.98 Å². The van der Waals surface area contributed by atoms with Gasteiger partial charge in [-0.25, -0.2) is 9.37 Å². The summed E-state index contributed by atoms with van der Waals surface area (Å²) >= 11 is 0. The first-order valence-corrected chi connectivity index (χ1v) is 6.89. The average Bonchev–Trinajstić information content (AvgIpc) is 2.48. The Balaban J connectivity index is 1.71. The highest BCUT2D eigenvalue weighted by Crippen LogP contribution is 2.10. The fourth-order valence-electron chi connectivity index (χ4n) is 2.03. The van der Waals surface area contributed by atoms with Crippen molar-refractivity contribution in [1.29, 1.82) is 0 Å². The molecule has 0 saturated heterocycles. The lowest BCUT2D eigenvalue weighted by Crippen LogP contribution is -2.21. The summed E-state index contributed by atoms with van der Waals surface area (Å²) in [6.45, 7) is 2.44. The van der Waals surface area contributed by atoms with Crippen LogP contribution in [-0.2, 0) is 6.54 Å². The van der Waals surface area contributed by atoms with Crippen LogP contribution in [0.15, 0.2) is 36.5 Å². The lowest BCUT2D eigenvalue weighted by Gasteiger charge is -2.16. The van der Waals surface area contributed by atoms with Gasteiger partial charge >= 0.3 is 0 Å². The normalized spacial score (nSPS) is 10.8. The van der Waals surface area contributed by atoms with Crippen LogP contribution in [0, 0.1) is 5.82 Å². The number of hydrogen-bond donors (Lipinski definition) is 2. The van der Waals surface area contributed by atoms with Gasteiger partial charge in [0.1, 0.15) is 0 Å². The molecular formula is C15H20FN5. The summed E-state index contributed by atoms with van der Waals surface area (Å²) in [7, 11) is 2.07. The molecule has 1 aromatic heterocycles. The molecular weight excluding hydrogens is 269 g/mol. The maximum Gasteiger partial charge on any atom is 0.222 e. The van der Waals surface area contributed by atoms with Crippen LogP contribution in [0.5, 0.6) is 0 Å². The lowest BCUT2D eigenvalue weighted by atomic mass is 10.2. The highest BCUT2D eigenvalue weighted by molar-refractivity contribution is 5.38. The summed E-state index contributed by atoms with van der Waals surface area (Å²) in [6.07, 6.45) is 1.96. The Morgan fingerprint density at radius 3 is 2.81 bits per heavy atom. The summed E-state index contributed by atoms with van der Waals surface area (Å²) in [5, 5.41) is 2.94. The van der Waals surface area contributed by atoms with Crippen LogP contribution < -0.4 is 11.1 Å². The number of nitrogens with zero attached hydrogens (tertiary/aromatic N) is 3. The number of anilines is 2. The third-order valence-corrected chi connectivity index (χ3v) is 3.07. The van der Waals surface area contributed by atoms with Crippen molar-refractivity contribution >= 4 is 11.8 Å². The van der Waals surface area contributed by atoms with Crippen LogP contribution in [-0.4, -0.2) is 35.0 Å². The van der Waals surface area contributed by atoms with Gasteiger partial charge in [0.15, 0.2) is 11.6 Å². The van der Waals surface area contributed by atoms with Gasteiger partial charge in [0, 0.05) is 13.1 Å². The molecule has 0 atom stereocenters. The molecule has 2 rings (SSSR count). The molecule has 0 amide bonds. The van der Waals surface area contributed by atoms with Gasteiger partial charge in [0.25, 0.3) is 0 Å². The second-order valence-electron chi connectivity index (χ2n) is 4.93. The van der Waals surface area contributed by atoms with Crippen molar-refractivity contribution in [3.63, 3.8) is 0 Å². The number of nitrogens with two attached hydrogens (primary N) is 1. The highest BCUT2D eigenvalue weighted by atomic mass is 19.1. The Hall–Kier alpha value is -2.21. The number of hydrogen-bond acceptors (Lipinski definition) is 5. The fraction of sp³-hybridized carbons (Fsp3) is 0.333. The first-order valence-electron chi connectivity index (χ1n) is 6.89. The van der Waals surface area contributed by atoms with Crippen molar-refractivity contribution in [3.05, 3.63) is 47.9 Å². The molecule has 3 N–H and O–H groups in total. The summed E-state index contributed by atoms with van der Waals surface area (Å²) in [5.74, 6) is -0.254. The molecule has 0 aliphatic rings. The predicted octanol–water partition coefficient (Wildman–Crippen LogP) is 2.13. The van der Waals surface area contributed by atoms with Crippen LogP contribution in [0.2, 0.25) is 0 Å². The summed E-state index contributed by atoms with van der Waals surface area (Å²) in [6, 6.07) is 10.3. The predicted molar refractivity (Wildman–Crippen MR) is 82.3 cm³/mol. The smallest absolute Gasteiger partial charge is 0.222 e. The quantitative estimate of drug-likeness (QED) is 0.764. The van der Waals surface area contributed by atoms with Gasteiger partial charge < -0.3 is 16.0 Å². The molecule has 0 bridgehead atoms. The van der Waals surface area contributed by atoms with E-state index < -0.39 is 5.82 Å². The van der Waals surface area contributed by atoms with Crippen LogP contribution in [0.4, 0.5) is 16.2 Å². The van der Waals surface area contributed by atoms with E-state index in [2.05, 4.69) is 39.4 Å². The van der Waals surface area contributed by atoms with E-state index in [0.29, 0.717) is 6.54 Å². The molecule has 112 valence electrons. The van der Waals surface area contributed by atoms with Crippen LogP contribution in [0.1, 0.15) is 12.0 Å². The lowest BCUT2D eigenvalue weighted by molar-refractivity contribution is 0.325. The van der Waals surface area contributed by atoms with E-state index in [1.165, 1.54) is 5.56 Å². The molecule has 0 saturated carbocycles. The first-order chi connectivity index (χ1) is 10.1. The molecule has 2 aromatic rings. The second-order valence-corrected chi connectivity index (χ2v) is 4.93. The Labute approximate surface area is 124 Å². The Morgan fingerprint density at radius 1 is 1.29 bits per heavy atom. The van der Waals surface area contributed by atoms with E-state index in [-0.39, 0.29) is 11.8 Å². The van der Waals surface area contributed by atoms with Crippen molar-refractivity contribution < 1.29 is 4.39 Å². The fourth-order valence-corrected chi connectivity index (χ4v) is 2.03. The number of nitrogens with one attached hydrogen (secondary N) is 1. The minimum Gasteiger partial charge on any atom is -0.368 e. The van der Waals surface area contributed by atoms with Gasteiger partial charge in [-0.15, -0.1) is 0 Å². The minimum absolute atomic E-state index is 0.0695. The number of benzene rings is 1. The molecule has 1 heterocycles. The minimum atomic E-state index is -0.484. The maximum absolute atomic E-state index is 13.4. The van der Waals surface area contributed by atoms with E-state index >= 15 is 0 Å². The number of halogens is 1. The molecule has 0 fully saturated rings. The number of nitrogen functional groups attached to an aromatic ring is 1. The van der Waals surface area contributed by atoms with Gasteiger partial charge in [-0.1, -0.05) is 30.3 Å². The number of aromatic nitrogens is 2. The molecule has 6 heteroatoms. The van der Waals surface area contributed by atoms with E-state index in [0.717, 1.165) is 25.7 Å². The number of rotatable bonds is 7. The molecule has 0 aliphatic heterocycles. The van der Waals surface area contributed by atoms with Gasteiger partial charge in [-0.05, 0) is 25.6 Å². The maximum atomic E-state index is 13.4. The molecule has 1 aromatic carbocycles. The topological polar surface area (TPSA) is 67.1 Å². The van der Waals surface area contributed by atoms with Gasteiger partial charge in [0.2, 0.25) is 5.95 Å². The summed E-state index contributed by atoms with van der Waals surface area (Å²) < 4.78 is 13.4. The van der Waals surface area contributed by atoms with Crippen LogP contribution in [0.3, 0.4) is 0 Å². The molecule has 21 heavy (non-hydrogen) atoms. The van der Waals surface area contributed by atoms with Crippen molar-refractivity contribution in [2.45, 2.75) is 13.0 Å². The standard InChI is InChI=1S/C15H20FN5/c1-21(11-12-6-3-2-4-7-12)9-5-8-18-14-13(16)10-19-15(17)20-14/h2-4,6-7,10H,5,8-9,11H2,1H3,(H3,17,18,19,20). The van der Waals surface area contributed by atoms with Crippen LogP contribution >= 0.6 is 0 Å². The third kappa shape index (κ3) is 5.00. The third-order valence-electron chi connectivity index (χ3n) is 3.07. The zero-order chi connectivity index (χ0) is 15.1. The van der Waals surface area contributed by atoms with Gasteiger partial charge in [-0.3, -0.25) is 0 Å². The van der Waals surface area contributed by atoms with Crippen molar-refractivity contribution in [2.75, 3.05) is 31.2 Å². The van der Waals surface area contributed by atoms with Crippen molar-refractivity contribution in [3.8, 4) is 0 Å².